The zero-order valence-corrected chi connectivity index (χ0v) is 22.1. The Balaban J connectivity index is 1.25. The Morgan fingerprint density at radius 1 is 1.10 bits per heavy atom. The molecular formula is C30H22ClF2N3O5. The molecule has 3 aromatic carbocycles. The molecule has 2 atom stereocenters. The summed E-state index contributed by atoms with van der Waals surface area (Å²) in [5.74, 6) is -1.81. The van der Waals surface area contributed by atoms with Gasteiger partial charge < -0.3 is 19.3 Å². The van der Waals surface area contributed by atoms with Crippen LogP contribution in [-0.2, 0) is 11.3 Å². The van der Waals surface area contributed by atoms with E-state index in [1.54, 1.807) is 41.0 Å². The van der Waals surface area contributed by atoms with E-state index >= 15 is 4.39 Å². The van der Waals surface area contributed by atoms with Gasteiger partial charge in [0.25, 0.3) is 6.36 Å². The zero-order chi connectivity index (χ0) is 28.5. The molecule has 0 aliphatic carbocycles. The lowest BCUT2D eigenvalue weighted by Crippen LogP contribution is -2.31. The molecule has 0 amide bonds. The van der Waals surface area contributed by atoms with Crippen molar-refractivity contribution in [2.75, 3.05) is 6.61 Å². The minimum Gasteiger partial charge on any atom is -0.478 e. The molecule has 1 aliphatic heterocycles. The normalized spacial score (nSPS) is 15.3. The van der Waals surface area contributed by atoms with E-state index in [9.17, 15) is 14.3 Å². The van der Waals surface area contributed by atoms with E-state index in [-0.39, 0.29) is 34.9 Å². The summed E-state index contributed by atoms with van der Waals surface area (Å²) in [4.78, 5) is 20.3. The zero-order valence-electron chi connectivity index (χ0n) is 21.3. The number of carboxylic acid groups (broad SMARTS) is 1. The highest BCUT2D eigenvalue weighted by molar-refractivity contribution is 6.30. The lowest BCUT2D eigenvalue weighted by molar-refractivity contribution is -0.0593. The molecule has 208 valence electrons. The first-order valence-electron chi connectivity index (χ1n) is 12.7. The molecule has 5 aromatic rings. The Morgan fingerprint density at radius 3 is 2.61 bits per heavy atom. The monoisotopic (exact) mass is 577 g/mol. The SMILES string of the molecule is O=C(O)c1ccc2nc(Oc3ccc(-c4cccc(OC(F)c5ccc(Cl)cc5)n4)cc3F)n(C[C@@H]3CCO3)c2c1. The minimum absolute atomic E-state index is 0.0262. The molecule has 1 aliphatic rings. The summed E-state index contributed by atoms with van der Waals surface area (Å²) in [6.07, 6.45) is -1.02. The van der Waals surface area contributed by atoms with Gasteiger partial charge in [-0.3, -0.25) is 4.57 Å². The standard InChI is InChI=1S/C30H22ClF2N3O5/c31-20-8-4-17(5-9-20)28(33)41-27-3-1-2-23(34-27)18-7-11-26(22(32)14-18)40-30-35-24-10-6-19(29(37)38)15-25(24)36(30)16-21-12-13-39-21/h1-11,14-15,21,28H,12-13,16H2,(H,37,38)/t21-,28?/m0/s1. The molecule has 1 unspecified atom stereocenters. The van der Waals surface area contributed by atoms with Gasteiger partial charge in [0.05, 0.1) is 34.9 Å². The first-order valence-corrected chi connectivity index (χ1v) is 13.1. The Morgan fingerprint density at radius 2 is 1.90 bits per heavy atom. The number of rotatable bonds is 9. The topological polar surface area (TPSA) is 95.7 Å². The average molecular weight is 578 g/mol. The number of aromatic carboxylic acids is 1. The largest absolute Gasteiger partial charge is 0.478 e. The molecule has 0 spiro atoms. The van der Waals surface area contributed by atoms with Crippen molar-refractivity contribution in [2.24, 2.45) is 0 Å². The van der Waals surface area contributed by atoms with Crippen molar-refractivity contribution in [1.82, 2.24) is 14.5 Å². The number of carbonyl (C=O) groups is 1. The predicted molar refractivity (Wildman–Crippen MR) is 147 cm³/mol. The van der Waals surface area contributed by atoms with Gasteiger partial charge in [-0.25, -0.2) is 14.2 Å². The fraction of sp³-hybridized carbons (Fsp3) is 0.167. The lowest BCUT2D eigenvalue weighted by Gasteiger charge is -2.27. The maximum atomic E-state index is 15.3. The van der Waals surface area contributed by atoms with E-state index in [2.05, 4.69) is 9.97 Å². The third kappa shape index (κ3) is 5.70. The summed E-state index contributed by atoms with van der Waals surface area (Å²) in [7, 11) is 0. The third-order valence-corrected chi connectivity index (χ3v) is 6.90. The quantitative estimate of drug-likeness (QED) is 0.198. The number of alkyl halides is 1. The van der Waals surface area contributed by atoms with Gasteiger partial charge in [0.15, 0.2) is 11.6 Å². The summed E-state index contributed by atoms with van der Waals surface area (Å²) in [5.41, 5.74) is 2.21. The maximum Gasteiger partial charge on any atom is 0.335 e. The van der Waals surface area contributed by atoms with Crippen LogP contribution in [0.25, 0.3) is 22.3 Å². The van der Waals surface area contributed by atoms with Gasteiger partial charge in [-0.1, -0.05) is 29.8 Å². The number of halogens is 3. The number of fused-ring (bicyclic) bond motifs is 1. The van der Waals surface area contributed by atoms with E-state index in [1.807, 2.05) is 0 Å². The molecule has 8 nitrogen and oxygen atoms in total. The number of ether oxygens (including phenoxy) is 3. The molecular weight excluding hydrogens is 556 g/mol. The molecule has 3 heterocycles. The number of pyridine rings is 1. The molecule has 1 saturated heterocycles. The number of hydrogen-bond donors (Lipinski definition) is 1. The van der Waals surface area contributed by atoms with Crippen molar-refractivity contribution in [1.29, 1.82) is 0 Å². The van der Waals surface area contributed by atoms with Gasteiger partial charge in [0.2, 0.25) is 5.88 Å². The highest BCUT2D eigenvalue weighted by Gasteiger charge is 2.24. The van der Waals surface area contributed by atoms with E-state index in [1.165, 1.54) is 42.5 Å². The first-order chi connectivity index (χ1) is 19.8. The smallest absolute Gasteiger partial charge is 0.335 e. The highest BCUT2D eigenvalue weighted by Crippen LogP contribution is 2.33. The highest BCUT2D eigenvalue weighted by atomic mass is 35.5. The van der Waals surface area contributed by atoms with Crippen molar-refractivity contribution in [2.45, 2.75) is 25.4 Å². The van der Waals surface area contributed by atoms with Crippen molar-refractivity contribution in [3.8, 4) is 28.9 Å². The molecule has 6 rings (SSSR count). The molecule has 1 N–H and O–H groups in total. The Labute approximate surface area is 237 Å². The van der Waals surface area contributed by atoms with Crippen LogP contribution >= 0.6 is 11.6 Å². The number of nitrogens with zero attached hydrogens (tertiary/aromatic N) is 3. The lowest BCUT2D eigenvalue weighted by atomic mass is 10.1. The van der Waals surface area contributed by atoms with Crippen LogP contribution in [0.3, 0.4) is 0 Å². The van der Waals surface area contributed by atoms with Crippen LogP contribution < -0.4 is 9.47 Å². The molecule has 1 fully saturated rings. The summed E-state index contributed by atoms with van der Waals surface area (Å²) in [6, 6.07) is 19.9. The van der Waals surface area contributed by atoms with Crippen molar-refractivity contribution in [3.05, 3.63) is 101 Å². The second-order valence-electron chi connectivity index (χ2n) is 9.39. The third-order valence-electron chi connectivity index (χ3n) is 6.65. The molecule has 2 aromatic heterocycles. The van der Waals surface area contributed by atoms with Gasteiger partial charge in [-0.05, 0) is 61.0 Å². The van der Waals surface area contributed by atoms with Crippen LogP contribution in [0.15, 0.2) is 78.9 Å². The van der Waals surface area contributed by atoms with Crippen LogP contribution in [0.1, 0.15) is 28.7 Å². The summed E-state index contributed by atoms with van der Waals surface area (Å²) >= 11 is 5.86. The number of carboxylic acids is 1. The summed E-state index contributed by atoms with van der Waals surface area (Å²) in [6.45, 7) is 1.01. The number of imidazole rings is 1. The van der Waals surface area contributed by atoms with Gasteiger partial charge in [0.1, 0.15) is 0 Å². The maximum absolute atomic E-state index is 15.3. The van der Waals surface area contributed by atoms with Crippen LogP contribution in [0, 0.1) is 5.82 Å². The van der Waals surface area contributed by atoms with Crippen molar-refractivity contribution >= 4 is 28.6 Å². The minimum atomic E-state index is -1.77. The van der Waals surface area contributed by atoms with Crippen LogP contribution in [0.4, 0.5) is 8.78 Å². The van der Waals surface area contributed by atoms with E-state index in [0.29, 0.717) is 40.5 Å². The second-order valence-corrected chi connectivity index (χ2v) is 9.83. The molecule has 41 heavy (non-hydrogen) atoms. The number of aromatic nitrogens is 3. The average Bonchev–Trinajstić information content (AvgIpc) is 3.28. The van der Waals surface area contributed by atoms with E-state index in [4.69, 9.17) is 25.8 Å². The van der Waals surface area contributed by atoms with Crippen LogP contribution in [0.2, 0.25) is 5.02 Å². The van der Waals surface area contributed by atoms with Crippen LogP contribution in [0.5, 0.6) is 17.6 Å². The van der Waals surface area contributed by atoms with Gasteiger partial charge in [0, 0.05) is 28.8 Å². The fourth-order valence-electron chi connectivity index (χ4n) is 4.39. The summed E-state index contributed by atoms with van der Waals surface area (Å²) < 4.78 is 48.4. The Hall–Kier alpha value is -4.54. The van der Waals surface area contributed by atoms with Crippen molar-refractivity contribution in [3.63, 3.8) is 0 Å². The van der Waals surface area contributed by atoms with Gasteiger partial charge in [-0.15, -0.1) is 0 Å². The van der Waals surface area contributed by atoms with Crippen LogP contribution in [-0.4, -0.2) is 38.3 Å². The number of hydrogen-bond acceptors (Lipinski definition) is 6. The molecule has 0 bridgehead atoms. The Kier molecular flexibility index (Phi) is 7.25. The first kappa shape index (κ1) is 26.7. The Bertz CT molecular complexity index is 1740. The fourth-order valence-corrected chi connectivity index (χ4v) is 4.52. The van der Waals surface area contributed by atoms with E-state index in [0.717, 1.165) is 6.42 Å². The number of benzene rings is 3. The van der Waals surface area contributed by atoms with Crippen molar-refractivity contribution < 1.29 is 32.9 Å². The van der Waals surface area contributed by atoms with E-state index < -0.39 is 18.1 Å². The molecule has 0 saturated carbocycles. The predicted octanol–water partition coefficient (Wildman–Crippen LogP) is 7.22. The van der Waals surface area contributed by atoms with Gasteiger partial charge in [-0.2, -0.15) is 9.37 Å². The molecule has 11 heteroatoms. The second kappa shape index (κ2) is 11.1. The summed E-state index contributed by atoms with van der Waals surface area (Å²) in [5, 5.41) is 9.90. The molecule has 0 radical (unpaired) electrons. The van der Waals surface area contributed by atoms with Gasteiger partial charge >= 0.3 is 12.0 Å².